The van der Waals surface area contributed by atoms with E-state index in [0.29, 0.717) is 0 Å². The average Bonchev–Trinajstić information content (AvgIpc) is 3.68. The van der Waals surface area contributed by atoms with E-state index < -0.39 is 0 Å². The van der Waals surface area contributed by atoms with Gasteiger partial charge in [0.15, 0.2) is 12.2 Å². The van der Waals surface area contributed by atoms with Crippen LogP contribution < -0.4 is 4.90 Å². The fourth-order valence-corrected chi connectivity index (χ4v) is 8.45. The zero-order chi connectivity index (χ0) is 47.4. The zero-order valence-corrected chi connectivity index (χ0v) is 39.7. The van der Waals surface area contributed by atoms with Crippen molar-refractivity contribution in [1.82, 2.24) is 0 Å². The largest absolute Gasteiger partial charge is 0.350 e. The third-order valence-corrected chi connectivity index (χ3v) is 11.7. The Kier molecular flexibility index (Phi) is 20.1. The molecule has 0 amide bonds. The molecule has 324 valence electrons. The van der Waals surface area contributed by atoms with E-state index in [1.165, 1.54) is 110 Å². The van der Waals surface area contributed by atoms with Gasteiger partial charge in [-0.1, -0.05) is 145 Å². The number of hydrogen-bond donors (Lipinski definition) is 0. The lowest BCUT2D eigenvalue weighted by atomic mass is 9.81. The van der Waals surface area contributed by atoms with Crippen LogP contribution in [0.25, 0.3) is 10.8 Å². The highest BCUT2D eigenvalue weighted by Gasteiger charge is 2.49. The minimum Gasteiger partial charge on any atom is -0.344 e. The number of anilines is 1. The van der Waals surface area contributed by atoms with Crippen molar-refractivity contribution in [3.8, 4) is 131 Å². The lowest BCUT2D eigenvalue weighted by Gasteiger charge is -2.27. The number of unbranched alkanes of at least 4 members (excludes halogenated alkanes) is 11. The van der Waals surface area contributed by atoms with Gasteiger partial charge in [-0.3, -0.25) is 0 Å². The topological polar surface area (TPSA) is 6.25 Å². The van der Waals surface area contributed by atoms with Gasteiger partial charge >= 0.3 is 5.71 Å². The van der Waals surface area contributed by atoms with E-state index in [4.69, 9.17) is 6.42 Å². The Morgan fingerprint density at radius 1 is 0.552 bits per heavy atom. The molecule has 0 aliphatic carbocycles. The number of fused-ring (bicyclic) bond motifs is 4. The molecule has 5 rings (SSSR count). The van der Waals surface area contributed by atoms with Crippen molar-refractivity contribution in [2.24, 2.45) is 0 Å². The van der Waals surface area contributed by atoms with E-state index in [1.54, 1.807) is 0 Å². The van der Waals surface area contributed by atoms with Gasteiger partial charge in [-0.2, -0.15) is 0 Å². The second-order valence-electron chi connectivity index (χ2n) is 17.1. The number of allylic oxidation sites excluding steroid dienone is 6. The average molecular weight is 865 g/mol. The van der Waals surface area contributed by atoms with Crippen molar-refractivity contribution in [2.75, 3.05) is 11.4 Å². The summed E-state index contributed by atoms with van der Waals surface area (Å²) < 4.78 is 1.98. The van der Waals surface area contributed by atoms with Crippen LogP contribution in [0.2, 0.25) is 0 Å². The first-order chi connectivity index (χ1) is 32.8. The van der Waals surface area contributed by atoms with E-state index in [-0.39, 0.29) is 10.8 Å². The molecule has 0 saturated carbocycles. The number of terminal acetylenes is 1. The van der Waals surface area contributed by atoms with E-state index in [2.05, 4.69) is 243 Å². The lowest BCUT2D eigenvalue weighted by molar-refractivity contribution is -0.332. The summed E-state index contributed by atoms with van der Waals surface area (Å²) in [6.07, 6.45) is 33.3. The third kappa shape index (κ3) is 14.6. The molecule has 0 radical (unpaired) electrons. The van der Waals surface area contributed by atoms with Crippen molar-refractivity contribution in [3.05, 3.63) is 108 Å². The van der Waals surface area contributed by atoms with Crippen LogP contribution in [-0.2, 0) is 10.8 Å². The number of rotatable bonds is 16. The van der Waals surface area contributed by atoms with E-state index >= 15 is 0 Å². The first-order valence-electron chi connectivity index (χ1n) is 23.3. The second kappa shape index (κ2) is 27.1. The van der Waals surface area contributed by atoms with Crippen LogP contribution in [0.4, 0.5) is 11.4 Å². The van der Waals surface area contributed by atoms with Crippen molar-refractivity contribution in [3.63, 3.8) is 0 Å². The van der Waals surface area contributed by atoms with Crippen LogP contribution in [0, 0.1) is 137 Å². The van der Waals surface area contributed by atoms with Crippen molar-refractivity contribution in [2.45, 2.75) is 122 Å². The molecule has 0 fully saturated rings. The maximum atomic E-state index is 5.01. The molecule has 3 aromatic carbocycles. The SMILES string of the molecule is C#CC#CC#CC#CC#CC#CC#CC#CC#CC#CC#C[N+]1=C([C+]=C/C=C/C=C2/N(CCCCCCCCCCCCCC)c3ccc4ccccc4c3C2(C)C)C(C)(C)c2ccccc21. The molecular formula is C65H56N2+2. The smallest absolute Gasteiger partial charge is 0.344 e. The van der Waals surface area contributed by atoms with Gasteiger partial charge in [0.05, 0.1) is 12.0 Å². The summed E-state index contributed by atoms with van der Waals surface area (Å²) in [6, 6.07) is 25.0. The van der Waals surface area contributed by atoms with Crippen LogP contribution in [0.15, 0.2) is 90.7 Å². The Bertz CT molecular complexity index is 3140. The van der Waals surface area contributed by atoms with Gasteiger partial charge in [0.2, 0.25) is 11.7 Å². The Morgan fingerprint density at radius 2 is 1.06 bits per heavy atom. The summed E-state index contributed by atoms with van der Waals surface area (Å²) in [5.41, 5.74) is 6.74. The normalized spacial score (nSPS) is 13.3. The third-order valence-electron chi connectivity index (χ3n) is 11.7. The molecule has 0 saturated heterocycles. The first-order valence-corrected chi connectivity index (χ1v) is 23.3. The molecule has 2 heteroatoms. The molecule has 3 aromatic rings. The Balaban J connectivity index is 1.26. The maximum Gasteiger partial charge on any atom is 0.350 e. The zero-order valence-electron chi connectivity index (χ0n) is 39.7. The monoisotopic (exact) mass is 864 g/mol. The van der Waals surface area contributed by atoms with Crippen LogP contribution in [-0.4, -0.2) is 16.8 Å². The van der Waals surface area contributed by atoms with Crippen LogP contribution in [0.1, 0.15) is 123 Å². The minimum absolute atomic E-state index is 0.160. The molecule has 2 aliphatic rings. The van der Waals surface area contributed by atoms with Gasteiger partial charge in [-0.05, 0) is 96.1 Å². The Hall–Kier alpha value is -8.32. The first kappa shape index (κ1) is 49.7. The summed E-state index contributed by atoms with van der Waals surface area (Å²) in [7, 11) is 0. The maximum absolute atomic E-state index is 5.01. The molecule has 0 bridgehead atoms. The summed E-state index contributed by atoms with van der Waals surface area (Å²) >= 11 is 0. The highest BCUT2D eigenvalue weighted by atomic mass is 15.2. The molecule has 0 unspecified atom stereocenters. The number of nitrogens with zero attached hydrogens (tertiary/aromatic N) is 2. The highest BCUT2D eigenvalue weighted by Crippen LogP contribution is 2.51. The number of para-hydroxylation sites is 1. The highest BCUT2D eigenvalue weighted by molar-refractivity contribution is 6.00. The molecular weight excluding hydrogens is 809 g/mol. The fraction of sp³-hybridized carbons (Fsp3) is 0.308. The quantitative estimate of drug-likeness (QED) is 0.0457. The fourth-order valence-electron chi connectivity index (χ4n) is 8.45. The predicted molar refractivity (Wildman–Crippen MR) is 281 cm³/mol. The van der Waals surface area contributed by atoms with Gasteiger partial charge < -0.3 is 4.90 Å². The summed E-state index contributed by atoms with van der Waals surface area (Å²) in [5, 5.41) is 2.62. The van der Waals surface area contributed by atoms with Crippen LogP contribution in [0.3, 0.4) is 0 Å². The second-order valence-corrected chi connectivity index (χ2v) is 17.1. The van der Waals surface area contributed by atoms with E-state index in [0.717, 1.165) is 17.9 Å². The van der Waals surface area contributed by atoms with E-state index in [1.807, 2.05) is 16.7 Å². The van der Waals surface area contributed by atoms with E-state index in [9.17, 15) is 0 Å². The van der Waals surface area contributed by atoms with Gasteiger partial charge in [0.1, 0.15) is 5.41 Å². The molecule has 0 atom stereocenters. The molecule has 67 heavy (non-hydrogen) atoms. The van der Waals surface area contributed by atoms with Crippen molar-refractivity contribution >= 4 is 27.9 Å². The molecule has 2 aliphatic heterocycles. The van der Waals surface area contributed by atoms with Crippen molar-refractivity contribution in [1.29, 1.82) is 0 Å². The van der Waals surface area contributed by atoms with Gasteiger partial charge in [0, 0.05) is 106 Å². The van der Waals surface area contributed by atoms with Crippen molar-refractivity contribution < 1.29 is 4.58 Å². The molecule has 0 spiro atoms. The molecule has 0 N–H and O–H groups in total. The number of hydrogen-bond acceptors (Lipinski definition) is 1. The van der Waals surface area contributed by atoms with Crippen LogP contribution >= 0.6 is 0 Å². The van der Waals surface area contributed by atoms with Crippen LogP contribution in [0.5, 0.6) is 0 Å². The molecule has 2 nitrogen and oxygen atoms in total. The van der Waals surface area contributed by atoms with Gasteiger partial charge in [0.25, 0.3) is 0 Å². The summed E-state index contributed by atoms with van der Waals surface area (Å²) in [4.78, 5) is 2.58. The molecule has 0 aromatic heterocycles. The number of benzene rings is 3. The Morgan fingerprint density at radius 3 is 1.64 bits per heavy atom. The lowest BCUT2D eigenvalue weighted by Crippen LogP contribution is -2.27. The minimum atomic E-state index is -0.321. The summed E-state index contributed by atoms with van der Waals surface area (Å²) in [5.74, 6) is 51.7. The summed E-state index contributed by atoms with van der Waals surface area (Å²) in [6.45, 7) is 12.5. The standard InChI is InChI=1S/C65H56N2/c1-7-9-11-13-15-17-19-21-22-23-24-25-26-27-28-30-31-33-35-44-54-66-59-49-43-42-48-58(59)64(3,4)61(66)50-38-37-39-51-62-65(5,6)63-57-47-41-40-46-56(57)52-53-60(63)67(62)55-45-36-34-32-29-20-18-16-14-12-10-8-2/h1,37-43,46-49,51-53H,8,10,12,14,16,18,20,29,32,34,36,45,55H2,2-6H3/q+2. The molecule has 2 heterocycles. The predicted octanol–water partition coefficient (Wildman–Crippen LogP) is 12.1. The van der Waals surface area contributed by atoms with Gasteiger partial charge in [-0.25, -0.2) is 0 Å². The Labute approximate surface area is 403 Å². The van der Waals surface area contributed by atoms with Gasteiger partial charge in [-0.15, -0.1) is 6.42 Å².